The Morgan fingerprint density at radius 3 is 2.78 bits per heavy atom. The molecule has 3 aromatic rings. The summed E-state index contributed by atoms with van der Waals surface area (Å²) in [7, 11) is 3.39. The fourth-order valence-electron chi connectivity index (χ4n) is 3.70. The number of carbonyl (C=O) groups is 2. The number of hydrogen-bond donors (Lipinski definition) is 1. The highest BCUT2D eigenvalue weighted by atomic mass is 32.2. The van der Waals surface area contributed by atoms with Crippen molar-refractivity contribution in [1.82, 2.24) is 24.6 Å². The Balaban J connectivity index is 1.43. The molecule has 0 radical (unpaired) electrons. The number of rotatable bonds is 7. The highest BCUT2D eigenvalue weighted by molar-refractivity contribution is 7.99. The van der Waals surface area contributed by atoms with Crippen LogP contribution in [0, 0.1) is 6.92 Å². The minimum atomic E-state index is -0.187. The number of aryl methyl sites for hydroxylation is 2. The monoisotopic (exact) mass is 490 g/mol. The van der Waals surface area contributed by atoms with Crippen LogP contribution in [0.2, 0.25) is 0 Å². The van der Waals surface area contributed by atoms with Crippen molar-refractivity contribution in [1.29, 1.82) is 0 Å². The lowest BCUT2D eigenvalue weighted by molar-refractivity contribution is -0.113. The van der Waals surface area contributed by atoms with Crippen LogP contribution in [0.3, 0.4) is 0 Å². The number of nitrogens with zero attached hydrogens (tertiary/aromatic N) is 5. The van der Waals surface area contributed by atoms with Gasteiger partial charge in [-0.05, 0) is 45.1 Å². The van der Waals surface area contributed by atoms with Crippen LogP contribution in [0.1, 0.15) is 45.6 Å². The molecule has 0 atom stereocenters. The average molecular weight is 491 g/mol. The summed E-state index contributed by atoms with van der Waals surface area (Å²) in [6.45, 7) is 4.57. The zero-order valence-corrected chi connectivity index (χ0v) is 21.0. The minimum Gasteiger partial charge on any atom is -0.344 e. The Kier molecular flexibility index (Phi) is 6.96. The van der Waals surface area contributed by atoms with Crippen LogP contribution < -0.4 is 5.32 Å². The smallest absolute Gasteiger partial charge is 0.265 e. The second kappa shape index (κ2) is 9.72. The lowest BCUT2D eigenvalue weighted by Crippen LogP contribution is -2.21. The fourth-order valence-corrected chi connectivity index (χ4v) is 6.63. The van der Waals surface area contributed by atoms with Crippen molar-refractivity contribution < 1.29 is 9.59 Å². The highest BCUT2D eigenvalue weighted by Crippen LogP contribution is 2.36. The summed E-state index contributed by atoms with van der Waals surface area (Å²) in [4.78, 5) is 32.5. The molecule has 0 spiro atoms. The van der Waals surface area contributed by atoms with E-state index in [1.807, 2.05) is 11.3 Å². The maximum atomic E-state index is 12.5. The van der Waals surface area contributed by atoms with Crippen LogP contribution in [-0.2, 0) is 24.2 Å². The predicted octanol–water partition coefficient (Wildman–Crippen LogP) is 4.10. The minimum absolute atomic E-state index is 0.117. The van der Waals surface area contributed by atoms with Crippen molar-refractivity contribution >= 4 is 51.4 Å². The van der Waals surface area contributed by atoms with E-state index < -0.39 is 0 Å². The normalized spacial score (nSPS) is 13.1. The van der Waals surface area contributed by atoms with E-state index in [1.54, 1.807) is 21.0 Å². The molecule has 1 aliphatic rings. The first-order valence-electron chi connectivity index (χ1n) is 10.5. The van der Waals surface area contributed by atoms with Crippen LogP contribution in [0.5, 0.6) is 0 Å². The molecule has 32 heavy (non-hydrogen) atoms. The van der Waals surface area contributed by atoms with Gasteiger partial charge in [0.2, 0.25) is 5.91 Å². The molecule has 3 heterocycles. The number of thioether (sulfide) groups is 1. The number of amides is 2. The molecule has 0 aliphatic heterocycles. The topological polar surface area (TPSA) is 93.0 Å². The highest BCUT2D eigenvalue weighted by Gasteiger charge is 2.22. The van der Waals surface area contributed by atoms with Crippen molar-refractivity contribution in [2.24, 2.45) is 0 Å². The number of hydrogen-bond acceptors (Lipinski definition) is 8. The number of thiazole rings is 1. The standard InChI is InChI=1S/C21H26N6O2S3/c1-5-27-18(14-10-30-15-9-7-6-8-13(14)15)24-25-21(27)31-11-16(28)23-20-22-12(2)17(32-20)19(29)26(3)4/h10H,5-9,11H2,1-4H3,(H,22,23,28). The lowest BCUT2D eigenvalue weighted by atomic mass is 9.96. The Labute approximate surface area is 199 Å². The second-order valence-electron chi connectivity index (χ2n) is 7.78. The summed E-state index contributed by atoms with van der Waals surface area (Å²) in [5, 5.41) is 15.0. The maximum Gasteiger partial charge on any atom is 0.265 e. The molecular formula is C21H26N6O2S3. The number of carbonyl (C=O) groups excluding carboxylic acids is 2. The van der Waals surface area contributed by atoms with Crippen molar-refractivity contribution in [2.75, 3.05) is 25.2 Å². The number of thiophene rings is 1. The molecule has 0 saturated carbocycles. The third-order valence-electron chi connectivity index (χ3n) is 5.31. The molecule has 170 valence electrons. The van der Waals surface area contributed by atoms with E-state index in [1.165, 1.54) is 56.8 Å². The van der Waals surface area contributed by atoms with E-state index in [0.717, 1.165) is 30.4 Å². The van der Waals surface area contributed by atoms with E-state index in [9.17, 15) is 9.59 Å². The average Bonchev–Trinajstić information content (AvgIpc) is 3.47. The number of anilines is 1. The molecule has 1 N–H and O–H groups in total. The summed E-state index contributed by atoms with van der Waals surface area (Å²) in [5.74, 6) is 0.772. The third-order valence-corrected chi connectivity index (χ3v) is 8.43. The number of nitrogens with one attached hydrogen (secondary N) is 1. The van der Waals surface area contributed by atoms with Crippen LogP contribution in [0.25, 0.3) is 11.4 Å². The summed E-state index contributed by atoms with van der Waals surface area (Å²) in [6, 6.07) is 0. The number of aromatic nitrogens is 4. The first-order chi connectivity index (χ1) is 15.4. The first-order valence-corrected chi connectivity index (χ1v) is 13.2. The van der Waals surface area contributed by atoms with Gasteiger partial charge in [-0.2, -0.15) is 0 Å². The van der Waals surface area contributed by atoms with Crippen LogP contribution >= 0.6 is 34.4 Å². The molecule has 3 aromatic heterocycles. The molecule has 0 unspecified atom stereocenters. The molecule has 0 saturated heterocycles. The van der Waals surface area contributed by atoms with Gasteiger partial charge in [0.1, 0.15) is 4.88 Å². The lowest BCUT2D eigenvalue weighted by Gasteiger charge is -2.13. The van der Waals surface area contributed by atoms with E-state index in [4.69, 9.17) is 0 Å². The Morgan fingerprint density at radius 1 is 1.25 bits per heavy atom. The van der Waals surface area contributed by atoms with Gasteiger partial charge in [-0.3, -0.25) is 9.59 Å². The summed E-state index contributed by atoms with van der Waals surface area (Å²) in [5.41, 5.74) is 3.22. The van der Waals surface area contributed by atoms with Gasteiger partial charge in [0.15, 0.2) is 16.1 Å². The van der Waals surface area contributed by atoms with Gasteiger partial charge in [0.25, 0.3) is 5.91 Å². The van der Waals surface area contributed by atoms with Gasteiger partial charge in [0, 0.05) is 36.5 Å². The molecular weight excluding hydrogens is 464 g/mol. The van der Waals surface area contributed by atoms with Crippen LogP contribution in [0.15, 0.2) is 10.5 Å². The summed E-state index contributed by atoms with van der Waals surface area (Å²) >= 11 is 4.37. The SMILES string of the molecule is CCn1c(SCC(=O)Nc2nc(C)c(C(=O)N(C)C)s2)nnc1-c1csc2c1CCCC2. The molecule has 8 nitrogen and oxygen atoms in total. The Bertz CT molecular complexity index is 1150. The molecule has 0 bridgehead atoms. The van der Waals surface area contributed by atoms with E-state index in [0.29, 0.717) is 15.7 Å². The van der Waals surface area contributed by atoms with Gasteiger partial charge in [-0.1, -0.05) is 23.1 Å². The molecule has 1 aliphatic carbocycles. The largest absolute Gasteiger partial charge is 0.344 e. The van der Waals surface area contributed by atoms with E-state index in [2.05, 4.69) is 37.4 Å². The summed E-state index contributed by atoms with van der Waals surface area (Å²) in [6.07, 6.45) is 4.73. The first kappa shape index (κ1) is 22.9. The van der Waals surface area contributed by atoms with Gasteiger partial charge in [-0.25, -0.2) is 4.98 Å². The fraction of sp³-hybridized carbons (Fsp3) is 0.476. The molecule has 0 fully saturated rings. The van der Waals surface area contributed by atoms with Gasteiger partial charge < -0.3 is 14.8 Å². The zero-order chi connectivity index (χ0) is 22.8. The second-order valence-corrected chi connectivity index (χ2v) is 10.7. The van der Waals surface area contributed by atoms with Gasteiger partial charge in [-0.15, -0.1) is 21.5 Å². The Hall–Kier alpha value is -2.24. The van der Waals surface area contributed by atoms with Crippen molar-refractivity contribution in [3.8, 4) is 11.4 Å². The zero-order valence-electron chi connectivity index (χ0n) is 18.6. The third kappa shape index (κ3) is 4.60. The van der Waals surface area contributed by atoms with Crippen molar-refractivity contribution in [3.05, 3.63) is 26.4 Å². The Morgan fingerprint density at radius 2 is 2.03 bits per heavy atom. The van der Waals surface area contributed by atoms with Crippen molar-refractivity contribution in [3.63, 3.8) is 0 Å². The van der Waals surface area contributed by atoms with Gasteiger partial charge >= 0.3 is 0 Å². The maximum absolute atomic E-state index is 12.5. The molecule has 4 rings (SSSR count). The van der Waals surface area contributed by atoms with Crippen LogP contribution in [-0.4, -0.2) is 56.3 Å². The predicted molar refractivity (Wildman–Crippen MR) is 130 cm³/mol. The summed E-state index contributed by atoms with van der Waals surface area (Å²) < 4.78 is 2.08. The quantitative estimate of drug-likeness (QED) is 0.501. The van der Waals surface area contributed by atoms with Gasteiger partial charge in [0.05, 0.1) is 11.4 Å². The number of fused-ring (bicyclic) bond motifs is 1. The molecule has 11 heteroatoms. The molecule has 2 amide bonds. The van der Waals surface area contributed by atoms with Crippen LogP contribution in [0.4, 0.5) is 5.13 Å². The molecule has 0 aromatic carbocycles. The van der Waals surface area contributed by atoms with E-state index in [-0.39, 0.29) is 17.6 Å². The van der Waals surface area contributed by atoms with Crippen molar-refractivity contribution in [2.45, 2.75) is 51.2 Å². The van der Waals surface area contributed by atoms with E-state index >= 15 is 0 Å².